The molecular formula is C74H92ClF3N10O13S3. The lowest BCUT2D eigenvalue weighted by Gasteiger charge is -2.39. The van der Waals surface area contributed by atoms with Crippen LogP contribution in [0.25, 0.3) is 5.57 Å². The summed E-state index contributed by atoms with van der Waals surface area (Å²) in [4.78, 5) is 86.1. The van der Waals surface area contributed by atoms with Crippen LogP contribution in [0.4, 0.5) is 24.5 Å². The van der Waals surface area contributed by atoms with Crippen LogP contribution in [0.5, 0.6) is 5.75 Å². The van der Waals surface area contributed by atoms with Crippen molar-refractivity contribution < 1.29 is 73.9 Å². The molecule has 0 aromatic heterocycles. The lowest BCUT2D eigenvalue weighted by Crippen LogP contribution is -2.54. The number of allylic oxidation sites excluding steroid dienone is 1. The Hall–Kier alpha value is -7.13. The Morgan fingerprint density at radius 2 is 1.43 bits per heavy atom. The van der Waals surface area contributed by atoms with Crippen molar-refractivity contribution in [3.8, 4) is 5.75 Å². The van der Waals surface area contributed by atoms with Crippen LogP contribution in [0, 0.1) is 5.41 Å². The van der Waals surface area contributed by atoms with Crippen molar-refractivity contribution in [1.29, 1.82) is 0 Å². The number of piperidine rings is 1. The number of anilines is 2. The van der Waals surface area contributed by atoms with Crippen LogP contribution < -0.4 is 35.6 Å². The first-order valence-corrected chi connectivity index (χ1v) is 39.3. The second kappa shape index (κ2) is 37.9. The van der Waals surface area contributed by atoms with E-state index < -0.39 is 79.1 Å². The number of unbranched alkanes of at least 4 members (excludes halogenated alkanes) is 1. The van der Waals surface area contributed by atoms with Gasteiger partial charge in [0.15, 0.2) is 11.5 Å². The highest BCUT2D eigenvalue weighted by molar-refractivity contribution is 7.99. The molecule has 30 heteroatoms. The molecule has 3 atom stereocenters. The third-order valence-corrected chi connectivity index (χ3v) is 23.0. The molecule has 23 nitrogen and oxygen atoms in total. The number of benzene rings is 5. The normalized spacial score (nSPS) is 18.3. The van der Waals surface area contributed by atoms with E-state index in [1.165, 1.54) is 58.8 Å². The number of piperazine rings is 2. The average molecular weight is 1520 g/mol. The van der Waals surface area contributed by atoms with E-state index in [9.17, 15) is 54.9 Å². The second-order valence-corrected chi connectivity index (χ2v) is 31.7. The Labute approximate surface area is 618 Å². The van der Waals surface area contributed by atoms with Gasteiger partial charge < -0.3 is 49.3 Å². The number of carbonyl (C=O) groups is 6. The molecule has 6 amide bonds. The third-order valence-electron chi connectivity index (χ3n) is 19.0. The highest BCUT2D eigenvalue weighted by Crippen LogP contribution is 2.44. The van der Waals surface area contributed by atoms with E-state index in [1.807, 2.05) is 54.6 Å². The van der Waals surface area contributed by atoms with Crippen molar-refractivity contribution in [2.75, 3.05) is 154 Å². The van der Waals surface area contributed by atoms with E-state index in [-0.39, 0.29) is 57.9 Å². The quantitative estimate of drug-likeness (QED) is 0.0108. The van der Waals surface area contributed by atoms with Gasteiger partial charge in [0, 0.05) is 131 Å². The molecule has 0 saturated carbocycles. The van der Waals surface area contributed by atoms with Gasteiger partial charge in [0.05, 0.1) is 56.5 Å². The Bertz CT molecular complexity index is 3910. The van der Waals surface area contributed by atoms with Crippen LogP contribution in [0.1, 0.15) is 102 Å². The van der Waals surface area contributed by atoms with Gasteiger partial charge in [0.1, 0.15) is 28.0 Å². The molecular weight excluding hydrogens is 1430 g/mol. The molecule has 0 bridgehead atoms. The maximum absolute atomic E-state index is 14.5. The number of imide groups is 2. The van der Waals surface area contributed by atoms with Crippen molar-refractivity contribution in [3.05, 3.63) is 148 Å². The number of carbonyl (C=O) groups excluding carboxylic acids is 6. The lowest BCUT2D eigenvalue weighted by atomic mass is 9.73. The van der Waals surface area contributed by atoms with Crippen LogP contribution in [0.3, 0.4) is 0 Å². The van der Waals surface area contributed by atoms with E-state index in [4.69, 9.17) is 30.5 Å². The molecule has 0 spiro atoms. The molecule has 3 fully saturated rings. The van der Waals surface area contributed by atoms with Gasteiger partial charge in [-0.2, -0.15) is 17.9 Å². The van der Waals surface area contributed by atoms with Crippen molar-refractivity contribution in [3.63, 3.8) is 0 Å². The van der Waals surface area contributed by atoms with E-state index in [2.05, 4.69) is 71.6 Å². The van der Waals surface area contributed by atoms with E-state index >= 15 is 0 Å². The van der Waals surface area contributed by atoms with Gasteiger partial charge in [-0.05, 0) is 141 Å². The van der Waals surface area contributed by atoms with Gasteiger partial charge in [0.25, 0.3) is 33.5 Å². The number of amides is 6. The maximum atomic E-state index is 14.5. The van der Waals surface area contributed by atoms with Gasteiger partial charge in [0.2, 0.25) is 11.8 Å². The molecule has 10 rings (SSSR count). The minimum atomic E-state index is -5.98. The van der Waals surface area contributed by atoms with Crippen LogP contribution in [-0.4, -0.2) is 229 Å². The number of sulfone groups is 1. The minimum absolute atomic E-state index is 0.00224. The van der Waals surface area contributed by atoms with E-state index in [1.54, 1.807) is 12.1 Å². The minimum Gasteiger partial charge on any atom is -0.588 e. The first-order chi connectivity index (χ1) is 50.0. The zero-order valence-electron chi connectivity index (χ0n) is 58.6. The van der Waals surface area contributed by atoms with Crippen LogP contribution in [-0.2, 0) is 49.8 Å². The maximum Gasteiger partial charge on any atom is 0.501 e. The number of nitrogens with one attached hydrogen (secondary N) is 5. The fourth-order valence-corrected chi connectivity index (χ4v) is 16.2. The first-order valence-electron chi connectivity index (χ1n) is 35.3. The van der Waals surface area contributed by atoms with Gasteiger partial charge in [-0.3, -0.25) is 48.8 Å². The fraction of sp³-hybridized carbons (Fsp3) is 0.486. The number of hydrogen-bond acceptors (Lipinski definition) is 20. The standard InChI is InChI=1S/C74H92ClF3N10O13S3/c1-73(2)27-25-60(52-13-17-55(75)18-14-52)54(48-73)49-86-36-38-87(39-37-86)57-19-15-53(16-20-57)69(91)83-103(95)59-21-22-62(65(47-59)104(96,97)74(76,77)78)81-56(51-102-58-9-4-3-5-10-58)26-31-84-32-34-85(35-33-84)40-42-99-44-46-100-45-43-98-41-30-79-28-6-7-29-80-67(90)50-101-64-12-8-11-61-68(64)72(94)88(71(61)93)63-23-24-66(89)82-70(63)92/h3-5,8-22,47,56,63,79,81H,6-7,23-46,48-51H2,1-2H3,(H,80,90)(H,83,91)(H,82,89,92)/t56-,63?,103?/m1/s1. The molecule has 4 heterocycles. The number of alkyl halides is 3. The predicted octanol–water partition coefficient (Wildman–Crippen LogP) is 8.47. The Morgan fingerprint density at radius 1 is 0.760 bits per heavy atom. The van der Waals surface area contributed by atoms with Crippen LogP contribution >= 0.6 is 23.4 Å². The number of nitrogens with zero attached hydrogens (tertiary/aromatic N) is 5. The molecule has 5 N–H and O–H groups in total. The average Bonchev–Trinajstić information content (AvgIpc) is 1.64. The Kier molecular flexibility index (Phi) is 29.0. The SMILES string of the molecule is CC1(C)CCC(c2ccc(Cl)cc2)=C(CN2CCN(c3ccc(C(=O)N[S+]([O-])c4ccc(N[C@H](CCN5CCN(CCOCCOCCOCCNCCCCNC(=O)COc6cccc7c6C(=O)N(C6CCC(=O)NC6=O)C7=O)CC5)CSc5ccccc5)c(S(=O)(=O)C(F)(F)F)c4)cc3)CC2)C1. The zero-order chi connectivity index (χ0) is 73.8. The molecule has 5 aliphatic rings. The summed E-state index contributed by atoms with van der Waals surface area (Å²) in [5, 5.41) is 12.1. The number of hydrogen-bond donors (Lipinski definition) is 5. The predicted molar refractivity (Wildman–Crippen MR) is 393 cm³/mol. The number of rotatable bonds is 37. The smallest absolute Gasteiger partial charge is 0.501 e. The molecule has 0 radical (unpaired) electrons. The summed E-state index contributed by atoms with van der Waals surface area (Å²) in [7, 11) is -5.98. The first kappa shape index (κ1) is 79.4. The number of fused-ring (bicyclic) bond motifs is 1. The highest BCUT2D eigenvalue weighted by Gasteiger charge is 2.49. The summed E-state index contributed by atoms with van der Waals surface area (Å²) in [6.07, 6.45) is 5.13. The molecule has 1 aliphatic carbocycles. The topological polar surface area (TPSA) is 273 Å². The molecule has 5 aromatic carbocycles. The summed E-state index contributed by atoms with van der Waals surface area (Å²) in [6.45, 7) is 17.0. The lowest BCUT2D eigenvalue weighted by molar-refractivity contribution is -0.136. The summed E-state index contributed by atoms with van der Waals surface area (Å²) in [5.74, 6) is -3.29. The van der Waals surface area contributed by atoms with Crippen LogP contribution in [0.2, 0.25) is 5.02 Å². The third kappa shape index (κ3) is 22.2. The molecule has 2 unspecified atom stereocenters. The fourth-order valence-electron chi connectivity index (χ4n) is 13.2. The van der Waals surface area contributed by atoms with Gasteiger partial charge in [-0.25, -0.2) is 8.42 Å². The van der Waals surface area contributed by atoms with Crippen molar-refractivity contribution in [1.82, 2.24) is 40.3 Å². The van der Waals surface area contributed by atoms with Crippen LogP contribution in [0.15, 0.2) is 136 Å². The van der Waals surface area contributed by atoms with E-state index in [0.717, 1.165) is 106 Å². The second-order valence-electron chi connectivity index (χ2n) is 27.0. The molecule has 562 valence electrons. The highest BCUT2D eigenvalue weighted by atomic mass is 35.5. The summed E-state index contributed by atoms with van der Waals surface area (Å²) in [6, 6.07) is 30.4. The number of ether oxygens (including phenoxy) is 4. The van der Waals surface area contributed by atoms with Crippen molar-refractivity contribution in [2.45, 2.75) is 97.5 Å². The molecule has 5 aromatic rings. The summed E-state index contributed by atoms with van der Waals surface area (Å²) < 4.78 is 109. The van der Waals surface area contributed by atoms with Crippen molar-refractivity contribution in [2.24, 2.45) is 5.41 Å². The molecule has 3 saturated heterocycles. The zero-order valence-corrected chi connectivity index (χ0v) is 61.8. The Balaban J connectivity index is 0.590. The van der Waals surface area contributed by atoms with Gasteiger partial charge in [-0.15, -0.1) is 11.8 Å². The monoisotopic (exact) mass is 1520 g/mol. The molecule has 4 aliphatic heterocycles. The number of halogens is 4. The summed E-state index contributed by atoms with van der Waals surface area (Å²) >= 11 is 5.27. The number of thioether (sulfide) groups is 1. The van der Waals surface area contributed by atoms with Gasteiger partial charge >= 0.3 is 5.51 Å². The molecule has 104 heavy (non-hydrogen) atoms. The Morgan fingerprint density at radius 3 is 2.13 bits per heavy atom. The van der Waals surface area contributed by atoms with E-state index in [0.29, 0.717) is 96.0 Å². The largest absolute Gasteiger partial charge is 0.588 e. The summed E-state index contributed by atoms with van der Waals surface area (Å²) in [5.41, 5.74) is -0.571. The van der Waals surface area contributed by atoms with Gasteiger partial charge in [-0.1, -0.05) is 67.4 Å². The van der Waals surface area contributed by atoms with Crippen molar-refractivity contribution >= 4 is 97.0 Å².